The lowest BCUT2D eigenvalue weighted by Gasteiger charge is -2.18. The van der Waals surface area contributed by atoms with E-state index in [0.717, 1.165) is 6.07 Å². The van der Waals surface area contributed by atoms with E-state index in [4.69, 9.17) is 13.9 Å². The number of methoxy groups -OCH3 is 1. The summed E-state index contributed by atoms with van der Waals surface area (Å²) in [5, 5.41) is 30.9. The van der Waals surface area contributed by atoms with Crippen molar-refractivity contribution in [2.24, 2.45) is 0 Å². The maximum absolute atomic E-state index is 13.3. The zero-order chi connectivity index (χ0) is 22.8. The van der Waals surface area contributed by atoms with Gasteiger partial charge in [-0.15, -0.1) is 0 Å². The molecule has 0 saturated carbocycles. The van der Waals surface area contributed by atoms with Crippen LogP contribution in [0.1, 0.15) is 32.8 Å². The quantitative estimate of drug-likeness (QED) is 0.477. The number of phenols is 2. The van der Waals surface area contributed by atoms with Crippen LogP contribution < -0.4 is 14.9 Å². The van der Waals surface area contributed by atoms with Crippen LogP contribution in [-0.4, -0.2) is 28.0 Å². The molecule has 0 aliphatic carbocycles. The predicted octanol–water partition coefficient (Wildman–Crippen LogP) is 4.50. The summed E-state index contributed by atoms with van der Waals surface area (Å²) >= 11 is 0. The normalized spacial score (nSPS) is 11.9. The summed E-state index contributed by atoms with van der Waals surface area (Å²) in [6.45, 7) is 5.03. The first-order valence-electron chi connectivity index (χ1n) is 9.85. The number of rotatable bonds is 7. The average molecular weight is 426 g/mol. The molecular formula is C24H26O7. The van der Waals surface area contributed by atoms with Gasteiger partial charge in [-0.1, -0.05) is 6.08 Å². The molecule has 3 N–H and O–H groups in total. The molecule has 7 heteroatoms. The van der Waals surface area contributed by atoms with Crippen LogP contribution in [0.5, 0.6) is 23.0 Å². The van der Waals surface area contributed by atoms with E-state index in [1.807, 2.05) is 0 Å². The number of aromatic hydroxyl groups is 2. The highest BCUT2D eigenvalue weighted by molar-refractivity contribution is 5.91. The van der Waals surface area contributed by atoms with Gasteiger partial charge in [0.2, 0.25) is 11.2 Å². The number of allylic oxidation sites excluding steroid dienone is 1. The molecule has 0 spiro atoms. The van der Waals surface area contributed by atoms with E-state index in [0.29, 0.717) is 23.3 Å². The van der Waals surface area contributed by atoms with E-state index in [-0.39, 0.29) is 34.6 Å². The molecule has 164 valence electrons. The maximum Gasteiger partial charge on any atom is 0.239 e. The smallest absolute Gasteiger partial charge is 0.239 e. The van der Waals surface area contributed by atoms with Gasteiger partial charge in [-0.3, -0.25) is 4.79 Å². The van der Waals surface area contributed by atoms with Gasteiger partial charge in [0.05, 0.1) is 19.0 Å². The molecule has 3 aromatic rings. The van der Waals surface area contributed by atoms with Gasteiger partial charge in [-0.25, -0.2) is 0 Å². The molecule has 0 aliphatic rings. The zero-order valence-electron chi connectivity index (χ0n) is 17.9. The minimum Gasteiger partial charge on any atom is -0.507 e. The molecule has 2 aromatic carbocycles. The first-order chi connectivity index (χ1) is 14.7. The highest BCUT2D eigenvalue weighted by Crippen LogP contribution is 2.39. The van der Waals surface area contributed by atoms with Gasteiger partial charge in [-0.2, -0.15) is 0 Å². The van der Waals surface area contributed by atoms with Gasteiger partial charge in [0.25, 0.3) is 0 Å². The van der Waals surface area contributed by atoms with Crippen molar-refractivity contribution in [2.75, 3.05) is 7.11 Å². The first kappa shape index (κ1) is 22.2. The fraction of sp³-hybridized carbons (Fsp3) is 0.292. The Morgan fingerprint density at radius 1 is 1.13 bits per heavy atom. The fourth-order valence-corrected chi connectivity index (χ4v) is 3.22. The second-order valence-corrected chi connectivity index (χ2v) is 7.82. The van der Waals surface area contributed by atoms with E-state index in [1.165, 1.54) is 6.26 Å². The Morgan fingerprint density at radius 3 is 2.39 bits per heavy atom. The Hall–Kier alpha value is -3.45. The number of benzene rings is 2. The summed E-state index contributed by atoms with van der Waals surface area (Å²) < 4.78 is 16.8. The molecule has 0 amide bonds. The van der Waals surface area contributed by atoms with Crippen LogP contribution >= 0.6 is 0 Å². The summed E-state index contributed by atoms with van der Waals surface area (Å²) in [6, 6.07) is 7.96. The second-order valence-electron chi connectivity index (χ2n) is 7.82. The molecular weight excluding hydrogens is 400 g/mol. The molecule has 0 unspecified atom stereocenters. The Morgan fingerprint density at radius 2 is 1.81 bits per heavy atom. The Kier molecular flexibility index (Phi) is 6.27. The lowest BCUT2D eigenvalue weighted by Crippen LogP contribution is -2.19. The molecule has 0 radical (unpaired) electrons. The van der Waals surface area contributed by atoms with Crippen LogP contribution in [0.4, 0.5) is 0 Å². The van der Waals surface area contributed by atoms with Gasteiger partial charge < -0.3 is 29.2 Å². The average Bonchev–Trinajstić information content (AvgIpc) is 2.71. The van der Waals surface area contributed by atoms with Gasteiger partial charge in [0, 0.05) is 17.2 Å². The van der Waals surface area contributed by atoms with Crippen LogP contribution in [-0.2, 0) is 6.42 Å². The summed E-state index contributed by atoms with van der Waals surface area (Å²) in [4.78, 5) is 13.3. The van der Waals surface area contributed by atoms with Crippen molar-refractivity contribution in [1.29, 1.82) is 0 Å². The minimum atomic E-state index is -0.995. The van der Waals surface area contributed by atoms with Crippen molar-refractivity contribution in [3.05, 3.63) is 58.5 Å². The van der Waals surface area contributed by atoms with Crippen molar-refractivity contribution < 1.29 is 29.2 Å². The Balaban J connectivity index is 2.33. The number of ether oxygens (including phenoxy) is 2. The number of hydrogen-bond donors (Lipinski definition) is 3. The standard InChI is InChI=1S/C24H26O7/c1-5-12-30-23-20(27)19-18(26)13-17(25)16(10-11-24(2,3)28)22(19)31-21(23)14-6-8-15(29-4)9-7-14/h5-9,12-13,25-26,28H,10-11H2,1-4H3/b12-5+. The van der Waals surface area contributed by atoms with Crippen LogP contribution in [0.15, 0.2) is 51.9 Å². The van der Waals surface area contributed by atoms with Crippen molar-refractivity contribution >= 4 is 11.0 Å². The number of hydrogen-bond acceptors (Lipinski definition) is 7. The molecule has 7 nitrogen and oxygen atoms in total. The zero-order valence-corrected chi connectivity index (χ0v) is 17.9. The van der Waals surface area contributed by atoms with Gasteiger partial charge in [-0.05, 0) is 57.9 Å². The lowest BCUT2D eigenvalue weighted by molar-refractivity contribution is 0.0713. The monoisotopic (exact) mass is 426 g/mol. The third-order valence-corrected chi connectivity index (χ3v) is 4.84. The first-order valence-corrected chi connectivity index (χ1v) is 9.85. The molecule has 3 rings (SSSR count). The SMILES string of the molecule is C/C=C/Oc1c(-c2ccc(OC)cc2)oc2c(CCC(C)(C)O)c(O)cc(O)c2c1=O. The maximum atomic E-state index is 13.3. The molecule has 0 atom stereocenters. The van der Waals surface area contributed by atoms with Gasteiger partial charge >= 0.3 is 0 Å². The Bertz CT molecular complexity index is 1170. The summed E-state index contributed by atoms with van der Waals surface area (Å²) in [6.07, 6.45) is 3.50. The molecule has 1 aromatic heterocycles. The largest absolute Gasteiger partial charge is 0.507 e. The Labute approximate surface area is 179 Å². The summed E-state index contributed by atoms with van der Waals surface area (Å²) in [5.41, 5.74) is -0.655. The molecule has 0 aliphatic heterocycles. The van der Waals surface area contributed by atoms with E-state index in [2.05, 4.69) is 0 Å². The van der Waals surface area contributed by atoms with Crippen molar-refractivity contribution in [2.45, 2.75) is 39.2 Å². The van der Waals surface area contributed by atoms with E-state index in [1.54, 1.807) is 58.2 Å². The molecule has 31 heavy (non-hydrogen) atoms. The van der Waals surface area contributed by atoms with E-state index in [9.17, 15) is 20.1 Å². The van der Waals surface area contributed by atoms with Crippen molar-refractivity contribution in [3.8, 4) is 34.3 Å². The third-order valence-electron chi connectivity index (χ3n) is 4.84. The highest BCUT2D eigenvalue weighted by Gasteiger charge is 2.25. The molecule has 0 saturated heterocycles. The molecule has 1 heterocycles. The predicted molar refractivity (Wildman–Crippen MR) is 118 cm³/mol. The van der Waals surface area contributed by atoms with Crippen LogP contribution in [0, 0.1) is 0 Å². The van der Waals surface area contributed by atoms with Crippen LogP contribution in [0.25, 0.3) is 22.3 Å². The number of aryl methyl sites for hydroxylation is 1. The number of fused-ring (bicyclic) bond motifs is 1. The fourth-order valence-electron chi connectivity index (χ4n) is 3.22. The molecule has 0 bridgehead atoms. The summed E-state index contributed by atoms with van der Waals surface area (Å²) in [5.74, 6) is 0.0435. The number of aliphatic hydroxyl groups is 1. The van der Waals surface area contributed by atoms with E-state index < -0.39 is 16.8 Å². The van der Waals surface area contributed by atoms with Crippen LogP contribution in [0.3, 0.4) is 0 Å². The lowest BCUT2D eigenvalue weighted by atomic mass is 9.96. The topological polar surface area (TPSA) is 109 Å². The third kappa shape index (κ3) is 4.67. The van der Waals surface area contributed by atoms with Crippen molar-refractivity contribution in [3.63, 3.8) is 0 Å². The van der Waals surface area contributed by atoms with Gasteiger partial charge in [0.1, 0.15) is 28.2 Å². The van der Waals surface area contributed by atoms with Gasteiger partial charge in [0.15, 0.2) is 5.76 Å². The van der Waals surface area contributed by atoms with E-state index >= 15 is 0 Å². The highest BCUT2D eigenvalue weighted by atomic mass is 16.5. The minimum absolute atomic E-state index is 0.0467. The van der Waals surface area contributed by atoms with Crippen LogP contribution in [0.2, 0.25) is 0 Å². The number of phenolic OH excluding ortho intramolecular Hbond substituents is 2. The van der Waals surface area contributed by atoms with Crippen molar-refractivity contribution in [1.82, 2.24) is 0 Å². The molecule has 0 fully saturated rings. The second kappa shape index (κ2) is 8.73. The summed E-state index contributed by atoms with van der Waals surface area (Å²) in [7, 11) is 1.55.